The zero-order valence-corrected chi connectivity index (χ0v) is 14.7. The molecular formula is C16H25NO2S2. The molecule has 2 rings (SSSR count). The van der Waals surface area contributed by atoms with E-state index in [0.29, 0.717) is 6.04 Å². The van der Waals surface area contributed by atoms with Crippen LogP contribution in [0.15, 0.2) is 18.2 Å². The standard InChI is InChI=1S/C16H25NO2S2/c1-4-14(17-10-13-11-20-7-8-21-13)12-5-6-15(18-2)16(9-12)19-3/h5-6,9,13-14,17H,4,7-8,10-11H2,1-3H3. The molecule has 2 unspecified atom stereocenters. The number of methoxy groups -OCH3 is 2. The number of rotatable bonds is 7. The zero-order valence-electron chi connectivity index (χ0n) is 13.1. The Labute approximate surface area is 136 Å². The Kier molecular flexibility index (Phi) is 7.07. The van der Waals surface area contributed by atoms with E-state index in [2.05, 4.69) is 47.9 Å². The van der Waals surface area contributed by atoms with Crippen molar-refractivity contribution in [1.82, 2.24) is 5.32 Å². The van der Waals surface area contributed by atoms with Crippen molar-refractivity contribution >= 4 is 23.5 Å². The van der Waals surface area contributed by atoms with Gasteiger partial charge in [0.1, 0.15) is 0 Å². The first-order chi connectivity index (χ1) is 10.3. The molecular weight excluding hydrogens is 302 g/mol. The van der Waals surface area contributed by atoms with Gasteiger partial charge >= 0.3 is 0 Å². The molecule has 118 valence electrons. The molecule has 3 nitrogen and oxygen atoms in total. The van der Waals surface area contributed by atoms with Crippen LogP contribution in [0.25, 0.3) is 0 Å². The van der Waals surface area contributed by atoms with Gasteiger partial charge < -0.3 is 14.8 Å². The van der Waals surface area contributed by atoms with Gasteiger partial charge in [-0.3, -0.25) is 0 Å². The normalized spacial score (nSPS) is 20.0. The van der Waals surface area contributed by atoms with Gasteiger partial charge in [-0.1, -0.05) is 13.0 Å². The molecule has 1 aliphatic rings. The smallest absolute Gasteiger partial charge is 0.161 e. The Morgan fingerprint density at radius 3 is 2.67 bits per heavy atom. The van der Waals surface area contributed by atoms with Crippen molar-refractivity contribution in [2.75, 3.05) is 38.0 Å². The van der Waals surface area contributed by atoms with E-state index in [0.717, 1.165) is 29.7 Å². The fourth-order valence-electron chi connectivity index (χ4n) is 2.50. The molecule has 2 atom stereocenters. The summed E-state index contributed by atoms with van der Waals surface area (Å²) in [6.07, 6.45) is 1.07. The lowest BCUT2D eigenvalue weighted by atomic mass is 10.0. The summed E-state index contributed by atoms with van der Waals surface area (Å²) in [5.74, 6) is 5.44. The van der Waals surface area contributed by atoms with Crippen molar-refractivity contribution in [3.8, 4) is 11.5 Å². The molecule has 1 aromatic rings. The first-order valence-electron chi connectivity index (χ1n) is 7.43. The van der Waals surface area contributed by atoms with Gasteiger partial charge in [-0.2, -0.15) is 23.5 Å². The number of benzene rings is 1. The molecule has 1 saturated heterocycles. The Morgan fingerprint density at radius 2 is 2.05 bits per heavy atom. The van der Waals surface area contributed by atoms with Crippen LogP contribution in [0.4, 0.5) is 0 Å². The van der Waals surface area contributed by atoms with Crippen LogP contribution in [0.1, 0.15) is 24.9 Å². The monoisotopic (exact) mass is 327 g/mol. The van der Waals surface area contributed by atoms with E-state index in [1.807, 2.05) is 6.07 Å². The van der Waals surface area contributed by atoms with Crippen molar-refractivity contribution in [3.63, 3.8) is 0 Å². The van der Waals surface area contributed by atoms with Gasteiger partial charge in [0.05, 0.1) is 14.2 Å². The Bertz CT molecular complexity index is 436. The van der Waals surface area contributed by atoms with E-state index < -0.39 is 0 Å². The van der Waals surface area contributed by atoms with Crippen molar-refractivity contribution in [2.45, 2.75) is 24.6 Å². The summed E-state index contributed by atoms with van der Waals surface area (Å²) in [4.78, 5) is 0. The van der Waals surface area contributed by atoms with Crippen LogP contribution in [0.3, 0.4) is 0 Å². The van der Waals surface area contributed by atoms with Crippen molar-refractivity contribution < 1.29 is 9.47 Å². The topological polar surface area (TPSA) is 30.5 Å². The van der Waals surface area contributed by atoms with E-state index in [4.69, 9.17) is 9.47 Å². The van der Waals surface area contributed by atoms with Gasteiger partial charge in [0, 0.05) is 35.1 Å². The predicted octanol–water partition coefficient (Wildman–Crippen LogP) is 3.59. The Morgan fingerprint density at radius 1 is 1.24 bits per heavy atom. The maximum Gasteiger partial charge on any atom is 0.161 e. The number of ether oxygens (including phenoxy) is 2. The van der Waals surface area contributed by atoms with Gasteiger partial charge in [-0.05, 0) is 24.1 Å². The first-order valence-corrected chi connectivity index (χ1v) is 9.63. The molecule has 21 heavy (non-hydrogen) atoms. The van der Waals surface area contributed by atoms with Gasteiger partial charge in [0.2, 0.25) is 0 Å². The molecule has 1 fully saturated rings. The number of hydrogen-bond acceptors (Lipinski definition) is 5. The third-order valence-electron chi connectivity index (χ3n) is 3.70. The second-order valence-electron chi connectivity index (χ2n) is 5.05. The minimum Gasteiger partial charge on any atom is -0.493 e. The molecule has 0 aliphatic carbocycles. The average molecular weight is 328 g/mol. The maximum absolute atomic E-state index is 5.41. The second-order valence-corrected chi connectivity index (χ2v) is 7.61. The molecule has 0 spiro atoms. The average Bonchev–Trinajstić information content (AvgIpc) is 2.56. The van der Waals surface area contributed by atoms with E-state index in [-0.39, 0.29) is 0 Å². The van der Waals surface area contributed by atoms with Gasteiger partial charge in [0.15, 0.2) is 11.5 Å². The summed E-state index contributed by atoms with van der Waals surface area (Å²) in [5, 5.41) is 4.45. The minimum absolute atomic E-state index is 0.373. The summed E-state index contributed by atoms with van der Waals surface area (Å²) < 4.78 is 10.7. The van der Waals surface area contributed by atoms with Gasteiger partial charge in [0.25, 0.3) is 0 Å². The molecule has 0 saturated carbocycles. The van der Waals surface area contributed by atoms with E-state index in [1.165, 1.54) is 22.8 Å². The lowest BCUT2D eigenvalue weighted by molar-refractivity contribution is 0.353. The highest BCUT2D eigenvalue weighted by atomic mass is 32.2. The lowest BCUT2D eigenvalue weighted by Crippen LogP contribution is -2.31. The molecule has 0 bridgehead atoms. The fourth-order valence-corrected chi connectivity index (χ4v) is 5.12. The molecule has 1 aliphatic heterocycles. The maximum atomic E-state index is 5.41. The highest BCUT2D eigenvalue weighted by Gasteiger charge is 2.17. The van der Waals surface area contributed by atoms with Gasteiger partial charge in [-0.25, -0.2) is 0 Å². The molecule has 1 aromatic carbocycles. The third kappa shape index (κ3) is 4.73. The highest BCUT2D eigenvalue weighted by Crippen LogP contribution is 2.31. The lowest BCUT2D eigenvalue weighted by Gasteiger charge is -2.25. The molecule has 1 heterocycles. The van der Waals surface area contributed by atoms with Crippen molar-refractivity contribution in [2.24, 2.45) is 0 Å². The van der Waals surface area contributed by atoms with Crippen LogP contribution in [-0.2, 0) is 0 Å². The fraction of sp³-hybridized carbons (Fsp3) is 0.625. The highest BCUT2D eigenvalue weighted by molar-refractivity contribution is 8.06. The van der Waals surface area contributed by atoms with Crippen molar-refractivity contribution in [3.05, 3.63) is 23.8 Å². The van der Waals surface area contributed by atoms with E-state index in [9.17, 15) is 0 Å². The summed E-state index contributed by atoms with van der Waals surface area (Å²) in [6.45, 7) is 3.29. The third-order valence-corrected chi connectivity index (χ3v) is 6.54. The molecule has 0 amide bonds. The molecule has 1 N–H and O–H groups in total. The molecule has 0 radical (unpaired) electrons. The number of hydrogen-bond donors (Lipinski definition) is 1. The van der Waals surface area contributed by atoms with Crippen LogP contribution in [0, 0.1) is 0 Å². The van der Waals surface area contributed by atoms with E-state index in [1.54, 1.807) is 14.2 Å². The predicted molar refractivity (Wildman–Crippen MR) is 94.2 cm³/mol. The van der Waals surface area contributed by atoms with Crippen LogP contribution < -0.4 is 14.8 Å². The quantitative estimate of drug-likeness (QED) is 0.827. The van der Waals surface area contributed by atoms with Crippen LogP contribution >= 0.6 is 23.5 Å². The van der Waals surface area contributed by atoms with E-state index >= 15 is 0 Å². The summed E-state index contributed by atoms with van der Waals surface area (Å²) in [7, 11) is 3.36. The molecule has 5 heteroatoms. The Hall–Kier alpha value is -0.520. The minimum atomic E-state index is 0.373. The second kappa shape index (κ2) is 8.81. The number of thioether (sulfide) groups is 2. The van der Waals surface area contributed by atoms with Crippen molar-refractivity contribution in [1.29, 1.82) is 0 Å². The first kappa shape index (κ1) is 16.8. The Balaban J connectivity index is 1.99. The SMILES string of the molecule is CCC(NCC1CSCCS1)c1ccc(OC)c(OC)c1. The van der Waals surface area contributed by atoms with Crippen LogP contribution in [-0.4, -0.2) is 43.3 Å². The van der Waals surface area contributed by atoms with Crippen LogP contribution in [0.5, 0.6) is 11.5 Å². The number of nitrogens with one attached hydrogen (secondary N) is 1. The zero-order chi connectivity index (χ0) is 15.1. The summed E-state index contributed by atoms with van der Waals surface area (Å²) >= 11 is 4.17. The summed E-state index contributed by atoms with van der Waals surface area (Å²) in [5.41, 5.74) is 1.27. The molecule has 0 aromatic heterocycles. The van der Waals surface area contributed by atoms with Gasteiger partial charge in [-0.15, -0.1) is 0 Å². The summed E-state index contributed by atoms with van der Waals surface area (Å²) in [6, 6.07) is 6.58. The largest absolute Gasteiger partial charge is 0.493 e. The van der Waals surface area contributed by atoms with Crippen LogP contribution in [0.2, 0.25) is 0 Å².